The van der Waals surface area contributed by atoms with Gasteiger partial charge in [0.25, 0.3) is 0 Å². The summed E-state index contributed by atoms with van der Waals surface area (Å²) in [6, 6.07) is 0.0932. The second kappa shape index (κ2) is 22.4. The van der Waals surface area contributed by atoms with Gasteiger partial charge in [-0.25, -0.2) is 0 Å². The number of likely N-dealkylation sites (N-methyl/N-ethyl adjacent to an activating group) is 6. The molecule has 0 aliphatic carbocycles. The van der Waals surface area contributed by atoms with Crippen LogP contribution >= 0.6 is 0 Å². The third-order valence-electron chi connectivity index (χ3n) is 6.73. The average Bonchev–Trinajstić information content (AvgIpc) is 3.03. The molecular formula is C29H50N10O10. The minimum Gasteiger partial charge on any atom is -0.348 e. The topological polar surface area (TPSA) is 238 Å². The average molecular weight is 699 g/mol. The molecule has 0 bridgehead atoms. The summed E-state index contributed by atoms with van der Waals surface area (Å²) in [6.07, 6.45) is 0.494. The Morgan fingerprint density at radius 2 is 0.735 bits per heavy atom. The summed E-state index contributed by atoms with van der Waals surface area (Å²) in [4.78, 5) is 127. The zero-order valence-corrected chi connectivity index (χ0v) is 29.5. The lowest BCUT2D eigenvalue weighted by Gasteiger charge is -2.23. The van der Waals surface area contributed by atoms with Crippen LogP contribution in [0.25, 0.3) is 0 Å². The summed E-state index contributed by atoms with van der Waals surface area (Å²) in [7, 11) is 8.16. The van der Waals surface area contributed by atoms with Crippen molar-refractivity contribution in [3.63, 3.8) is 0 Å². The summed E-state index contributed by atoms with van der Waals surface area (Å²) >= 11 is 0. The van der Waals surface area contributed by atoms with Gasteiger partial charge >= 0.3 is 0 Å². The first-order chi connectivity index (χ1) is 22.8. The highest BCUT2D eigenvalue weighted by molar-refractivity contribution is 5.93. The van der Waals surface area contributed by atoms with Crippen LogP contribution in [0.4, 0.5) is 0 Å². The van der Waals surface area contributed by atoms with Crippen LogP contribution in [0, 0.1) is 0 Å². The molecule has 0 aromatic rings. The minimum absolute atomic E-state index is 0.0615. The molecule has 0 spiro atoms. The third-order valence-corrected chi connectivity index (χ3v) is 6.73. The number of amides is 9. The molecular weight excluding hydrogens is 648 g/mol. The van der Waals surface area contributed by atoms with Crippen LogP contribution in [0.15, 0.2) is 0 Å². The Bertz CT molecular complexity index is 1230. The smallest absolute Gasteiger partial charge is 0.242 e. The molecule has 4 N–H and O–H groups in total. The fraction of sp³-hybridized carbons (Fsp3) is 0.655. The van der Waals surface area contributed by atoms with Gasteiger partial charge < -0.3 is 55.5 Å². The Kier molecular flexibility index (Phi) is 20.1. The summed E-state index contributed by atoms with van der Waals surface area (Å²) in [5.41, 5.74) is 0. The number of hydrogen-bond donors (Lipinski definition) is 4. The number of rotatable bonds is 21. The molecule has 0 saturated carbocycles. The van der Waals surface area contributed by atoms with Crippen molar-refractivity contribution in [2.45, 2.75) is 19.9 Å². The number of carbonyl (C=O) groups excluding carboxylic acids is 10. The first kappa shape index (κ1) is 43.9. The number of aldehydes is 1. The molecule has 0 radical (unpaired) electrons. The molecule has 9 amide bonds. The molecule has 0 saturated heterocycles. The van der Waals surface area contributed by atoms with Crippen molar-refractivity contribution in [3.05, 3.63) is 0 Å². The van der Waals surface area contributed by atoms with Gasteiger partial charge in [-0.05, 0) is 0 Å². The summed E-state index contributed by atoms with van der Waals surface area (Å²) in [5.74, 6) is -5.05. The van der Waals surface area contributed by atoms with Crippen molar-refractivity contribution in [1.82, 2.24) is 50.7 Å². The molecule has 0 rings (SSSR count). The summed E-state index contributed by atoms with van der Waals surface area (Å²) in [6.45, 7) is 0.517. The molecule has 276 valence electrons. The number of nitrogens with one attached hydrogen (secondary N) is 4. The SMILES string of the molecule is CC(C)NCC(=O)N(C)CC(=O)N(C)CC(=O)NCC(=O)N(C)CC(=O)N(C)CC(=O)NCC(=O)N(C)CC(=O)N(C)CC(=O)NCC=O. The van der Waals surface area contributed by atoms with E-state index in [1.807, 2.05) is 13.8 Å². The Hall–Kier alpha value is -5.14. The van der Waals surface area contributed by atoms with E-state index in [-0.39, 0.29) is 51.2 Å². The molecule has 20 nitrogen and oxygen atoms in total. The third kappa shape index (κ3) is 18.7. The van der Waals surface area contributed by atoms with E-state index >= 15 is 0 Å². The lowest BCUT2D eigenvalue weighted by Crippen LogP contribution is -2.49. The quantitative estimate of drug-likeness (QED) is 0.0824. The van der Waals surface area contributed by atoms with Crippen LogP contribution in [-0.2, 0) is 47.9 Å². The lowest BCUT2D eigenvalue weighted by molar-refractivity contribution is -0.141. The van der Waals surface area contributed by atoms with Gasteiger partial charge in [0.2, 0.25) is 53.2 Å². The molecule has 0 aromatic heterocycles. The molecule has 0 aromatic carbocycles. The van der Waals surface area contributed by atoms with Gasteiger partial charge in [-0.3, -0.25) is 43.2 Å². The van der Waals surface area contributed by atoms with E-state index in [4.69, 9.17) is 0 Å². The van der Waals surface area contributed by atoms with Crippen molar-refractivity contribution >= 4 is 59.5 Å². The van der Waals surface area contributed by atoms with E-state index in [1.54, 1.807) is 0 Å². The summed E-state index contributed by atoms with van der Waals surface area (Å²) in [5, 5.41) is 9.95. The van der Waals surface area contributed by atoms with E-state index in [0.717, 1.165) is 24.5 Å². The monoisotopic (exact) mass is 698 g/mol. The highest BCUT2D eigenvalue weighted by Crippen LogP contribution is 1.95. The van der Waals surface area contributed by atoms with Gasteiger partial charge in [0.05, 0.1) is 65.4 Å². The molecule has 0 aliphatic rings. The molecule has 0 aliphatic heterocycles. The van der Waals surface area contributed by atoms with E-state index in [0.29, 0.717) is 6.29 Å². The maximum Gasteiger partial charge on any atom is 0.242 e. The highest BCUT2D eigenvalue weighted by atomic mass is 16.2. The van der Waals surface area contributed by atoms with E-state index in [1.165, 1.54) is 47.2 Å². The molecule has 0 heterocycles. The number of carbonyl (C=O) groups is 10. The van der Waals surface area contributed by atoms with Gasteiger partial charge in [-0.2, -0.15) is 0 Å². The van der Waals surface area contributed by atoms with Gasteiger partial charge in [-0.15, -0.1) is 0 Å². The van der Waals surface area contributed by atoms with Crippen molar-refractivity contribution in [2.75, 3.05) is 108 Å². The number of nitrogens with zero attached hydrogens (tertiary/aromatic N) is 6. The standard InChI is InChI=1S/C29H50N10O10/c1-20(2)31-11-24(44)37(6)17-28(48)35(4)15-22(42)33-13-26(46)39(8)19-29(49)36(5)16-23(43)32-12-25(45)38(7)18-27(47)34(3)14-21(41)30-9-10-40/h10,20,31H,9,11-19H2,1-8H3,(H,30,41)(H,32,43)(H,33,42). The molecule has 0 atom stereocenters. The maximum absolute atomic E-state index is 12.6. The van der Waals surface area contributed by atoms with Crippen LogP contribution in [0.5, 0.6) is 0 Å². The fourth-order valence-corrected chi connectivity index (χ4v) is 3.51. The van der Waals surface area contributed by atoms with E-state index in [2.05, 4.69) is 21.3 Å². The van der Waals surface area contributed by atoms with Crippen molar-refractivity contribution in [1.29, 1.82) is 0 Å². The van der Waals surface area contributed by atoms with Crippen LogP contribution in [0.1, 0.15) is 13.8 Å². The first-order valence-corrected chi connectivity index (χ1v) is 15.2. The lowest BCUT2D eigenvalue weighted by atomic mass is 10.3. The Morgan fingerprint density at radius 1 is 0.449 bits per heavy atom. The zero-order valence-electron chi connectivity index (χ0n) is 29.5. The van der Waals surface area contributed by atoms with Crippen LogP contribution < -0.4 is 21.3 Å². The Labute approximate surface area is 285 Å². The van der Waals surface area contributed by atoms with Gasteiger partial charge in [-0.1, -0.05) is 13.8 Å². The molecule has 0 unspecified atom stereocenters. The van der Waals surface area contributed by atoms with Crippen LogP contribution in [0.2, 0.25) is 0 Å². The second-order valence-corrected chi connectivity index (χ2v) is 11.6. The van der Waals surface area contributed by atoms with Crippen molar-refractivity contribution in [3.8, 4) is 0 Å². The fourth-order valence-electron chi connectivity index (χ4n) is 3.51. The van der Waals surface area contributed by atoms with Crippen molar-refractivity contribution in [2.24, 2.45) is 0 Å². The Balaban J connectivity index is 4.55. The first-order valence-electron chi connectivity index (χ1n) is 15.2. The largest absolute Gasteiger partial charge is 0.348 e. The van der Waals surface area contributed by atoms with Crippen LogP contribution in [-0.4, -0.2) is 203 Å². The van der Waals surface area contributed by atoms with E-state index in [9.17, 15) is 47.9 Å². The predicted octanol–water partition coefficient (Wildman–Crippen LogP) is -5.72. The predicted molar refractivity (Wildman–Crippen MR) is 174 cm³/mol. The van der Waals surface area contributed by atoms with Crippen LogP contribution in [0.3, 0.4) is 0 Å². The van der Waals surface area contributed by atoms with Gasteiger partial charge in [0.15, 0.2) is 0 Å². The number of hydrogen-bond acceptors (Lipinski definition) is 11. The maximum atomic E-state index is 12.6. The van der Waals surface area contributed by atoms with Gasteiger partial charge in [0, 0.05) is 48.3 Å². The minimum atomic E-state index is -0.685. The normalized spacial score (nSPS) is 10.3. The zero-order chi connectivity index (χ0) is 37.8. The Morgan fingerprint density at radius 3 is 1.04 bits per heavy atom. The molecule has 49 heavy (non-hydrogen) atoms. The van der Waals surface area contributed by atoms with Gasteiger partial charge in [0.1, 0.15) is 6.29 Å². The molecule has 20 heteroatoms. The summed E-state index contributed by atoms with van der Waals surface area (Å²) < 4.78 is 0. The second-order valence-electron chi connectivity index (χ2n) is 11.6. The highest BCUT2D eigenvalue weighted by Gasteiger charge is 2.22. The van der Waals surface area contributed by atoms with E-state index < -0.39 is 73.4 Å². The van der Waals surface area contributed by atoms with Crippen molar-refractivity contribution < 1.29 is 47.9 Å². The molecule has 0 fully saturated rings.